The van der Waals surface area contributed by atoms with Crippen LogP contribution in [0.4, 0.5) is 0 Å². The molecule has 19 heavy (non-hydrogen) atoms. The highest BCUT2D eigenvalue weighted by Crippen LogP contribution is 2.20. The maximum Gasteiger partial charge on any atom is 0.248 e. The molecule has 0 aromatic heterocycles. The molecule has 0 saturated heterocycles. The second-order valence-electron chi connectivity index (χ2n) is 5.48. The van der Waals surface area contributed by atoms with Gasteiger partial charge in [0.1, 0.15) is 6.10 Å². The van der Waals surface area contributed by atoms with Crippen LogP contribution < -0.4 is 11.1 Å². The van der Waals surface area contributed by atoms with Crippen molar-refractivity contribution in [3.05, 3.63) is 0 Å². The molecule has 1 amide bonds. The average molecular weight is 293 g/mol. The Balaban J connectivity index is 0.00000324. The number of hydrogen-bond acceptors (Lipinski definition) is 3. The topological polar surface area (TPSA) is 64.3 Å². The molecule has 5 heteroatoms. The lowest BCUT2D eigenvalue weighted by Crippen LogP contribution is -2.39. The van der Waals surface area contributed by atoms with E-state index >= 15 is 0 Å². The molecule has 0 heterocycles. The lowest BCUT2D eigenvalue weighted by atomic mass is 10.1. The minimum Gasteiger partial charge on any atom is -0.365 e. The third-order valence-corrected chi connectivity index (χ3v) is 3.60. The fraction of sp³-hybridized carbons (Fsp3) is 0.929. The van der Waals surface area contributed by atoms with Gasteiger partial charge in [0.05, 0.1) is 6.10 Å². The molecule has 0 radical (unpaired) electrons. The van der Waals surface area contributed by atoms with E-state index in [4.69, 9.17) is 10.5 Å². The second-order valence-corrected chi connectivity index (χ2v) is 5.48. The minimum atomic E-state index is -0.349. The third-order valence-electron chi connectivity index (χ3n) is 3.60. The Morgan fingerprint density at radius 1 is 1.26 bits per heavy atom. The molecule has 1 rings (SSSR count). The number of amides is 1. The van der Waals surface area contributed by atoms with Gasteiger partial charge in [0.2, 0.25) is 5.91 Å². The van der Waals surface area contributed by atoms with Crippen LogP contribution in [0.3, 0.4) is 0 Å². The van der Waals surface area contributed by atoms with E-state index in [0.29, 0.717) is 19.0 Å². The number of carbonyl (C=O) groups is 1. The summed E-state index contributed by atoms with van der Waals surface area (Å²) in [7, 11) is 0. The zero-order valence-electron chi connectivity index (χ0n) is 12.2. The smallest absolute Gasteiger partial charge is 0.248 e. The third kappa shape index (κ3) is 7.75. The fourth-order valence-corrected chi connectivity index (χ4v) is 2.23. The van der Waals surface area contributed by atoms with Crippen molar-refractivity contribution in [1.82, 2.24) is 5.32 Å². The van der Waals surface area contributed by atoms with Crippen LogP contribution in [0.15, 0.2) is 0 Å². The normalized spacial score (nSPS) is 19.9. The molecule has 1 aliphatic rings. The highest BCUT2D eigenvalue weighted by atomic mass is 35.5. The molecule has 0 spiro atoms. The summed E-state index contributed by atoms with van der Waals surface area (Å²) in [5.74, 6) is 0.304. The SMILES string of the molecule is CC(CN)CNC(=O)C(C)OC1CCCCCC1.Cl. The summed E-state index contributed by atoms with van der Waals surface area (Å²) in [5, 5.41) is 2.89. The molecule has 4 nitrogen and oxygen atoms in total. The van der Waals surface area contributed by atoms with Crippen molar-refractivity contribution >= 4 is 18.3 Å². The highest BCUT2D eigenvalue weighted by molar-refractivity contribution is 5.85. The predicted octanol–water partition coefficient (Wildman–Crippen LogP) is 2.25. The van der Waals surface area contributed by atoms with Crippen molar-refractivity contribution < 1.29 is 9.53 Å². The van der Waals surface area contributed by atoms with Crippen molar-refractivity contribution in [2.75, 3.05) is 13.1 Å². The van der Waals surface area contributed by atoms with Gasteiger partial charge in [-0.15, -0.1) is 12.4 Å². The molecule has 1 fully saturated rings. The second kappa shape index (κ2) is 10.5. The highest BCUT2D eigenvalue weighted by Gasteiger charge is 2.20. The summed E-state index contributed by atoms with van der Waals surface area (Å²) in [5.41, 5.74) is 5.52. The molecular weight excluding hydrogens is 264 g/mol. The zero-order valence-corrected chi connectivity index (χ0v) is 13.0. The van der Waals surface area contributed by atoms with Crippen LogP contribution in [-0.4, -0.2) is 31.2 Å². The fourth-order valence-electron chi connectivity index (χ4n) is 2.23. The van der Waals surface area contributed by atoms with Crippen molar-refractivity contribution in [1.29, 1.82) is 0 Å². The standard InChI is InChI=1S/C14H28N2O2.ClH/c1-11(9-15)10-16-14(17)12(2)18-13-7-5-3-4-6-8-13;/h11-13H,3-10,15H2,1-2H3,(H,16,17);1H. The van der Waals surface area contributed by atoms with E-state index in [2.05, 4.69) is 5.32 Å². The van der Waals surface area contributed by atoms with Crippen LogP contribution in [0.2, 0.25) is 0 Å². The van der Waals surface area contributed by atoms with Crippen molar-refractivity contribution in [2.24, 2.45) is 11.7 Å². The Labute approximate surface area is 123 Å². The van der Waals surface area contributed by atoms with Crippen molar-refractivity contribution in [3.8, 4) is 0 Å². The van der Waals surface area contributed by atoms with E-state index in [-0.39, 0.29) is 30.5 Å². The molecule has 114 valence electrons. The van der Waals surface area contributed by atoms with Gasteiger partial charge in [-0.05, 0) is 32.2 Å². The van der Waals surface area contributed by atoms with E-state index in [1.165, 1.54) is 25.7 Å². The maximum absolute atomic E-state index is 11.8. The molecule has 2 atom stereocenters. The van der Waals surface area contributed by atoms with Crippen molar-refractivity contribution in [3.63, 3.8) is 0 Å². The van der Waals surface area contributed by atoms with Crippen LogP contribution in [-0.2, 0) is 9.53 Å². The maximum atomic E-state index is 11.8. The number of nitrogens with one attached hydrogen (secondary N) is 1. The van der Waals surface area contributed by atoms with Crippen LogP contribution in [0, 0.1) is 5.92 Å². The molecule has 2 unspecified atom stereocenters. The largest absolute Gasteiger partial charge is 0.365 e. The summed E-state index contributed by atoms with van der Waals surface area (Å²) in [6.45, 7) is 5.09. The first-order chi connectivity index (χ1) is 8.63. The number of ether oxygens (including phenoxy) is 1. The number of carbonyl (C=O) groups excluding carboxylic acids is 1. The number of hydrogen-bond donors (Lipinski definition) is 2. The summed E-state index contributed by atoms with van der Waals surface area (Å²) in [6.07, 6.45) is 7.15. The lowest BCUT2D eigenvalue weighted by molar-refractivity contribution is -0.136. The van der Waals surface area contributed by atoms with Gasteiger partial charge < -0.3 is 15.8 Å². The van der Waals surface area contributed by atoms with Gasteiger partial charge >= 0.3 is 0 Å². The Hall–Kier alpha value is -0.320. The molecule has 0 aromatic rings. The Kier molecular flexibility index (Phi) is 10.3. The molecular formula is C14H29ClN2O2. The monoisotopic (exact) mass is 292 g/mol. The molecule has 0 bridgehead atoms. The van der Waals surface area contributed by atoms with Crippen LogP contribution >= 0.6 is 12.4 Å². The number of halogens is 1. The van der Waals surface area contributed by atoms with E-state index in [9.17, 15) is 4.79 Å². The molecule has 1 saturated carbocycles. The van der Waals surface area contributed by atoms with E-state index < -0.39 is 0 Å². The lowest BCUT2D eigenvalue weighted by Gasteiger charge is -2.21. The molecule has 1 aliphatic carbocycles. The molecule has 3 N–H and O–H groups in total. The minimum absolute atomic E-state index is 0. The Morgan fingerprint density at radius 2 is 1.84 bits per heavy atom. The summed E-state index contributed by atoms with van der Waals surface area (Å²) in [6, 6.07) is 0. The quantitative estimate of drug-likeness (QED) is 0.738. The van der Waals surface area contributed by atoms with Gasteiger partial charge in [-0.1, -0.05) is 32.6 Å². The van der Waals surface area contributed by atoms with Gasteiger partial charge in [0.25, 0.3) is 0 Å². The molecule has 0 aliphatic heterocycles. The Bertz CT molecular complexity index is 244. The van der Waals surface area contributed by atoms with Crippen LogP contribution in [0.1, 0.15) is 52.4 Å². The predicted molar refractivity (Wildman–Crippen MR) is 80.5 cm³/mol. The van der Waals surface area contributed by atoms with Gasteiger partial charge in [-0.3, -0.25) is 4.79 Å². The molecule has 0 aromatic carbocycles. The Morgan fingerprint density at radius 3 is 2.37 bits per heavy atom. The van der Waals surface area contributed by atoms with Crippen molar-refractivity contribution in [2.45, 2.75) is 64.6 Å². The van der Waals surface area contributed by atoms with Gasteiger partial charge in [0.15, 0.2) is 0 Å². The van der Waals surface area contributed by atoms with Crippen LogP contribution in [0.25, 0.3) is 0 Å². The summed E-state index contributed by atoms with van der Waals surface area (Å²) in [4.78, 5) is 11.8. The van der Waals surface area contributed by atoms with E-state index in [0.717, 1.165) is 12.8 Å². The van der Waals surface area contributed by atoms with Crippen LogP contribution in [0.5, 0.6) is 0 Å². The first kappa shape index (κ1) is 18.7. The zero-order chi connectivity index (χ0) is 13.4. The first-order valence-corrected chi connectivity index (χ1v) is 7.26. The van der Waals surface area contributed by atoms with Gasteiger partial charge in [0, 0.05) is 6.54 Å². The van der Waals surface area contributed by atoms with E-state index in [1.54, 1.807) is 0 Å². The van der Waals surface area contributed by atoms with Gasteiger partial charge in [-0.25, -0.2) is 0 Å². The van der Waals surface area contributed by atoms with Gasteiger partial charge in [-0.2, -0.15) is 0 Å². The number of nitrogens with two attached hydrogens (primary N) is 1. The average Bonchev–Trinajstić information content (AvgIpc) is 2.63. The number of rotatable bonds is 6. The first-order valence-electron chi connectivity index (χ1n) is 7.26. The summed E-state index contributed by atoms with van der Waals surface area (Å²) < 4.78 is 5.86. The van der Waals surface area contributed by atoms with E-state index in [1.807, 2.05) is 13.8 Å². The summed E-state index contributed by atoms with van der Waals surface area (Å²) >= 11 is 0.